The van der Waals surface area contributed by atoms with Crippen LogP contribution in [-0.4, -0.2) is 19.6 Å². The van der Waals surface area contributed by atoms with Crippen LogP contribution in [0.15, 0.2) is 59.7 Å². The average molecular weight is 262 g/mol. The second kappa shape index (κ2) is 4.03. The zero-order chi connectivity index (χ0) is 13.5. The molecule has 2 aromatic carbocycles. The van der Waals surface area contributed by atoms with Gasteiger partial charge in [-0.2, -0.15) is 4.52 Å². The number of nitrogens with zero attached hydrogens (tertiary/aromatic N) is 3. The summed E-state index contributed by atoms with van der Waals surface area (Å²) < 4.78 is 1.31. The lowest BCUT2D eigenvalue weighted by Crippen LogP contribution is -2.14. The lowest BCUT2D eigenvalue weighted by molar-refractivity contribution is 0.901. The summed E-state index contributed by atoms with van der Waals surface area (Å²) in [5.41, 5.74) is 1.40. The summed E-state index contributed by atoms with van der Waals surface area (Å²) in [6, 6.07) is 15.5. The predicted molar refractivity (Wildman–Crippen MR) is 76.5 cm³/mol. The zero-order valence-electron chi connectivity index (χ0n) is 10.4. The van der Waals surface area contributed by atoms with Crippen molar-refractivity contribution in [2.45, 2.75) is 0 Å². The van der Waals surface area contributed by atoms with E-state index in [1.165, 1.54) is 16.9 Å². The first-order valence-electron chi connectivity index (χ1n) is 6.24. The van der Waals surface area contributed by atoms with Gasteiger partial charge in [-0.1, -0.05) is 42.5 Å². The third kappa shape index (κ3) is 1.53. The molecule has 20 heavy (non-hydrogen) atoms. The number of nitrogens with one attached hydrogen (secondary N) is 1. The van der Waals surface area contributed by atoms with Crippen LogP contribution in [0.25, 0.3) is 27.8 Å². The summed E-state index contributed by atoms with van der Waals surface area (Å²) in [5, 5.41) is 4.92. The zero-order valence-corrected chi connectivity index (χ0v) is 10.4. The lowest BCUT2D eigenvalue weighted by atomic mass is 10.0. The molecule has 4 aromatic rings. The minimum absolute atomic E-state index is 0.171. The number of fused-ring (bicyclic) bond motifs is 2. The Labute approximate surface area is 113 Å². The smallest absolute Gasteiger partial charge is 0.274 e. The van der Waals surface area contributed by atoms with Gasteiger partial charge in [0.15, 0.2) is 0 Å². The molecule has 0 spiro atoms. The van der Waals surface area contributed by atoms with Gasteiger partial charge in [0, 0.05) is 11.6 Å². The van der Waals surface area contributed by atoms with Crippen LogP contribution in [0.5, 0.6) is 0 Å². The van der Waals surface area contributed by atoms with Gasteiger partial charge in [0.05, 0.1) is 5.69 Å². The van der Waals surface area contributed by atoms with Crippen LogP contribution in [-0.2, 0) is 0 Å². The van der Waals surface area contributed by atoms with E-state index in [1.54, 1.807) is 0 Å². The molecule has 1 N–H and O–H groups in total. The number of aromatic amines is 1. The average Bonchev–Trinajstić information content (AvgIpc) is 2.95. The quantitative estimate of drug-likeness (QED) is 0.572. The Bertz CT molecular complexity index is 978. The van der Waals surface area contributed by atoms with Crippen molar-refractivity contribution in [3.8, 4) is 11.3 Å². The van der Waals surface area contributed by atoms with Crippen LogP contribution < -0.4 is 5.56 Å². The highest BCUT2D eigenvalue weighted by Crippen LogP contribution is 2.26. The van der Waals surface area contributed by atoms with Crippen LogP contribution in [0, 0.1) is 0 Å². The highest BCUT2D eigenvalue weighted by Gasteiger charge is 2.08. The van der Waals surface area contributed by atoms with E-state index < -0.39 is 0 Å². The fourth-order valence-electron chi connectivity index (χ4n) is 2.41. The first-order valence-corrected chi connectivity index (χ1v) is 6.24. The van der Waals surface area contributed by atoms with Crippen molar-refractivity contribution in [1.82, 2.24) is 19.6 Å². The summed E-state index contributed by atoms with van der Waals surface area (Å²) in [4.78, 5) is 20.5. The van der Waals surface area contributed by atoms with E-state index >= 15 is 0 Å². The van der Waals surface area contributed by atoms with Crippen LogP contribution in [0.1, 0.15) is 0 Å². The highest BCUT2D eigenvalue weighted by atomic mass is 16.1. The Morgan fingerprint density at radius 3 is 2.85 bits per heavy atom. The Morgan fingerprint density at radius 2 is 1.90 bits per heavy atom. The molecule has 5 nitrogen and oxygen atoms in total. The molecule has 0 bridgehead atoms. The van der Waals surface area contributed by atoms with Crippen molar-refractivity contribution in [2.24, 2.45) is 0 Å². The number of rotatable bonds is 1. The monoisotopic (exact) mass is 262 g/mol. The molecule has 0 fully saturated rings. The molecule has 2 heterocycles. The van der Waals surface area contributed by atoms with Crippen LogP contribution >= 0.6 is 0 Å². The van der Waals surface area contributed by atoms with Gasteiger partial charge in [0.1, 0.15) is 6.33 Å². The van der Waals surface area contributed by atoms with Crippen molar-refractivity contribution in [1.29, 1.82) is 0 Å². The minimum atomic E-state index is -0.171. The van der Waals surface area contributed by atoms with Gasteiger partial charge < -0.3 is 0 Å². The van der Waals surface area contributed by atoms with Crippen LogP contribution in [0.3, 0.4) is 0 Å². The topological polar surface area (TPSA) is 63.0 Å². The molecule has 96 valence electrons. The van der Waals surface area contributed by atoms with E-state index in [1.807, 2.05) is 42.5 Å². The molecule has 0 radical (unpaired) electrons. The van der Waals surface area contributed by atoms with E-state index in [9.17, 15) is 4.79 Å². The largest absolute Gasteiger partial charge is 0.278 e. The van der Waals surface area contributed by atoms with Crippen LogP contribution in [0.4, 0.5) is 0 Å². The third-order valence-corrected chi connectivity index (χ3v) is 3.33. The van der Waals surface area contributed by atoms with E-state index in [0.29, 0.717) is 11.5 Å². The summed E-state index contributed by atoms with van der Waals surface area (Å²) in [6.07, 6.45) is 1.45. The third-order valence-electron chi connectivity index (χ3n) is 3.33. The second-order valence-electron chi connectivity index (χ2n) is 4.53. The number of benzene rings is 2. The van der Waals surface area contributed by atoms with Gasteiger partial charge in [-0.25, -0.2) is 9.97 Å². The summed E-state index contributed by atoms with van der Waals surface area (Å²) in [5.74, 6) is 0.375. The van der Waals surface area contributed by atoms with Gasteiger partial charge in [-0.15, -0.1) is 0 Å². The molecule has 0 aliphatic carbocycles. The summed E-state index contributed by atoms with van der Waals surface area (Å²) in [7, 11) is 0. The van der Waals surface area contributed by atoms with Crippen molar-refractivity contribution < 1.29 is 0 Å². The molecule has 0 aliphatic rings. The molecule has 0 atom stereocenters. The SMILES string of the molecule is O=c1cc(-c2cccc3ccccc23)nc2nc[nH]n12. The highest BCUT2D eigenvalue weighted by molar-refractivity contribution is 5.95. The Hall–Kier alpha value is -2.95. The molecule has 0 unspecified atom stereocenters. The van der Waals surface area contributed by atoms with E-state index in [4.69, 9.17) is 0 Å². The van der Waals surface area contributed by atoms with Gasteiger partial charge in [0.25, 0.3) is 11.3 Å². The molecule has 0 aliphatic heterocycles. The maximum atomic E-state index is 12.0. The van der Waals surface area contributed by atoms with Gasteiger partial charge in [-0.3, -0.25) is 9.89 Å². The molecule has 0 amide bonds. The van der Waals surface area contributed by atoms with Gasteiger partial charge in [-0.05, 0) is 10.8 Å². The second-order valence-corrected chi connectivity index (χ2v) is 4.53. The maximum Gasteiger partial charge on any atom is 0.274 e. The summed E-state index contributed by atoms with van der Waals surface area (Å²) in [6.45, 7) is 0. The van der Waals surface area contributed by atoms with E-state index in [-0.39, 0.29) is 5.56 Å². The Morgan fingerprint density at radius 1 is 1.05 bits per heavy atom. The van der Waals surface area contributed by atoms with E-state index in [0.717, 1.165) is 16.3 Å². The first-order chi connectivity index (χ1) is 9.83. The fraction of sp³-hybridized carbons (Fsp3) is 0. The van der Waals surface area contributed by atoms with Gasteiger partial charge in [0.2, 0.25) is 0 Å². The molecular weight excluding hydrogens is 252 g/mol. The van der Waals surface area contributed by atoms with Crippen molar-refractivity contribution >= 4 is 16.6 Å². The standard InChI is InChI=1S/C15H10N4O/c20-14-8-13(18-15-16-9-17-19(14)15)12-7-3-5-10-4-1-2-6-11(10)12/h1-9H,(H,16,17,18). The number of H-pyrrole nitrogens is 1. The first kappa shape index (κ1) is 10.9. The summed E-state index contributed by atoms with van der Waals surface area (Å²) >= 11 is 0. The maximum absolute atomic E-state index is 12.0. The molecule has 0 saturated carbocycles. The molecule has 4 rings (SSSR count). The van der Waals surface area contributed by atoms with Crippen molar-refractivity contribution in [2.75, 3.05) is 0 Å². The molecule has 0 saturated heterocycles. The number of hydrogen-bond donors (Lipinski definition) is 1. The molecule has 2 aromatic heterocycles. The predicted octanol–water partition coefficient (Wildman–Crippen LogP) is 2.24. The van der Waals surface area contributed by atoms with Crippen molar-refractivity contribution in [3.05, 3.63) is 65.2 Å². The van der Waals surface area contributed by atoms with Gasteiger partial charge >= 0.3 is 0 Å². The molecular formula is C15H10N4O. The molecule has 5 heteroatoms. The minimum Gasteiger partial charge on any atom is -0.278 e. The Balaban J connectivity index is 2.08. The number of hydrogen-bond acceptors (Lipinski definition) is 3. The fourth-order valence-corrected chi connectivity index (χ4v) is 2.41. The van der Waals surface area contributed by atoms with Crippen molar-refractivity contribution in [3.63, 3.8) is 0 Å². The van der Waals surface area contributed by atoms with E-state index in [2.05, 4.69) is 15.1 Å². The normalized spacial score (nSPS) is 11.2. The lowest BCUT2D eigenvalue weighted by Gasteiger charge is -2.05. The Kier molecular flexibility index (Phi) is 2.20. The number of aromatic nitrogens is 4. The van der Waals surface area contributed by atoms with Crippen LogP contribution in [0.2, 0.25) is 0 Å².